The third kappa shape index (κ3) is 5.88. The van der Waals surface area contributed by atoms with Crippen LogP contribution in [0.4, 0.5) is 5.69 Å². The Morgan fingerprint density at radius 3 is 2.41 bits per heavy atom. The number of nitrogens with zero attached hydrogens (tertiary/aromatic N) is 2. The van der Waals surface area contributed by atoms with Crippen molar-refractivity contribution in [2.45, 2.75) is 38.6 Å². The van der Waals surface area contributed by atoms with Crippen LogP contribution in [0.15, 0.2) is 48.5 Å². The fourth-order valence-corrected chi connectivity index (χ4v) is 4.17. The van der Waals surface area contributed by atoms with Gasteiger partial charge in [0.05, 0.1) is 19.1 Å². The van der Waals surface area contributed by atoms with E-state index in [2.05, 4.69) is 31.2 Å². The Bertz CT molecular complexity index is 894. The van der Waals surface area contributed by atoms with Gasteiger partial charge in [0, 0.05) is 25.2 Å². The topological polar surface area (TPSA) is 61.9 Å². The van der Waals surface area contributed by atoms with Gasteiger partial charge in [0.1, 0.15) is 5.75 Å². The highest BCUT2D eigenvalue weighted by atomic mass is 16.5. The Morgan fingerprint density at radius 2 is 1.81 bits per heavy atom. The Kier molecular flexibility index (Phi) is 8.28. The lowest BCUT2D eigenvalue weighted by molar-refractivity contribution is -0.129. The summed E-state index contributed by atoms with van der Waals surface area (Å²) in [5.41, 5.74) is 2.96. The van der Waals surface area contributed by atoms with Crippen LogP contribution in [0, 0.1) is 5.92 Å². The number of likely N-dealkylation sites (tertiary alicyclic amines) is 1. The molecule has 0 saturated carbocycles. The van der Waals surface area contributed by atoms with Crippen molar-refractivity contribution in [3.05, 3.63) is 59.7 Å². The van der Waals surface area contributed by atoms with Crippen molar-refractivity contribution < 1.29 is 14.3 Å². The number of ether oxygens (including phenoxy) is 1. The quantitative estimate of drug-likeness (QED) is 0.607. The Morgan fingerprint density at radius 1 is 1.12 bits per heavy atom. The second-order valence-electron chi connectivity index (χ2n) is 8.71. The van der Waals surface area contributed by atoms with E-state index in [1.165, 1.54) is 5.56 Å². The van der Waals surface area contributed by atoms with Crippen LogP contribution in [0.1, 0.15) is 43.4 Å². The summed E-state index contributed by atoms with van der Waals surface area (Å²) in [6, 6.07) is 15.4. The molecular weight excluding hydrogens is 402 g/mol. The molecular formula is C26H35N3O3. The number of nitrogens with one attached hydrogen (secondary N) is 1. The number of methoxy groups -OCH3 is 1. The van der Waals surface area contributed by atoms with Crippen molar-refractivity contribution in [2.75, 3.05) is 39.6 Å². The molecule has 172 valence electrons. The fourth-order valence-electron chi connectivity index (χ4n) is 4.17. The van der Waals surface area contributed by atoms with Crippen LogP contribution >= 0.6 is 0 Å². The molecule has 0 aromatic heterocycles. The third-order valence-electron chi connectivity index (χ3n) is 6.05. The Balaban J connectivity index is 1.76. The predicted octanol–water partition coefficient (Wildman–Crippen LogP) is 4.13. The van der Waals surface area contributed by atoms with E-state index in [-0.39, 0.29) is 24.3 Å². The summed E-state index contributed by atoms with van der Waals surface area (Å²) in [5, 5.41) is 3.04. The SMILES string of the molecule is CCCCN1C(=O)CC(C(=O)Nc2ccc(CCN(C)C)cc2)C1c1ccc(OC)cc1. The molecule has 0 aliphatic carbocycles. The van der Waals surface area contributed by atoms with E-state index in [0.29, 0.717) is 6.54 Å². The molecule has 0 spiro atoms. The molecule has 1 saturated heterocycles. The first-order chi connectivity index (χ1) is 15.4. The molecule has 2 aromatic carbocycles. The molecule has 1 fully saturated rings. The molecule has 0 radical (unpaired) electrons. The number of amides is 2. The smallest absolute Gasteiger partial charge is 0.230 e. The number of hydrogen-bond donors (Lipinski definition) is 1. The van der Waals surface area contributed by atoms with E-state index < -0.39 is 5.92 Å². The summed E-state index contributed by atoms with van der Waals surface area (Å²) in [6.45, 7) is 3.75. The van der Waals surface area contributed by atoms with E-state index in [1.54, 1.807) is 7.11 Å². The van der Waals surface area contributed by atoms with Crippen molar-refractivity contribution in [2.24, 2.45) is 5.92 Å². The number of likely N-dealkylation sites (N-methyl/N-ethyl adjacent to an activating group) is 1. The van der Waals surface area contributed by atoms with Crippen molar-refractivity contribution in [3.63, 3.8) is 0 Å². The molecule has 0 bridgehead atoms. The lowest BCUT2D eigenvalue weighted by Gasteiger charge is -2.28. The van der Waals surface area contributed by atoms with Crippen molar-refractivity contribution in [3.8, 4) is 5.75 Å². The highest BCUT2D eigenvalue weighted by molar-refractivity contribution is 5.98. The summed E-state index contributed by atoms with van der Waals surface area (Å²) in [6.07, 6.45) is 3.11. The van der Waals surface area contributed by atoms with Gasteiger partial charge in [-0.2, -0.15) is 0 Å². The summed E-state index contributed by atoms with van der Waals surface area (Å²) in [5.74, 6) is 0.257. The first-order valence-electron chi connectivity index (χ1n) is 11.4. The fraction of sp³-hybridized carbons (Fsp3) is 0.462. The Labute approximate surface area is 191 Å². The van der Waals surface area contributed by atoms with Gasteiger partial charge in [0.25, 0.3) is 0 Å². The summed E-state index contributed by atoms with van der Waals surface area (Å²) in [4.78, 5) is 30.1. The molecule has 1 aliphatic heterocycles. The lowest BCUT2D eigenvalue weighted by Crippen LogP contribution is -2.33. The highest BCUT2D eigenvalue weighted by Crippen LogP contribution is 2.39. The zero-order valence-corrected chi connectivity index (χ0v) is 19.6. The molecule has 3 rings (SSSR count). The van der Waals surface area contributed by atoms with Gasteiger partial charge in [-0.15, -0.1) is 0 Å². The van der Waals surface area contributed by atoms with Crippen molar-refractivity contribution >= 4 is 17.5 Å². The highest BCUT2D eigenvalue weighted by Gasteiger charge is 2.44. The monoisotopic (exact) mass is 437 g/mol. The van der Waals surface area contributed by atoms with Crippen molar-refractivity contribution in [1.29, 1.82) is 0 Å². The standard InChI is InChI=1S/C26H35N3O3/c1-5-6-16-29-24(30)18-23(25(29)20-9-13-22(32-4)14-10-20)26(31)27-21-11-7-19(8-12-21)15-17-28(2)3/h7-14,23,25H,5-6,15-18H2,1-4H3,(H,27,31). The number of benzene rings is 2. The lowest BCUT2D eigenvalue weighted by atomic mass is 9.92. The van der Waals surface area contributed by atoms with Crippen LogP contribution in [-0.2, 0) is 16.0 Å². The maximum absolute atomic E-state index is 13.3. The molecule has 2 aromatic rings. The molecule has 6 heteroatoms. The zero-order chi connectivity index (χ0) is 23.1. The molecule has 2 atom stereocenters. The van der Waals surface area contributed by atoms with Gasteiger partial charge in [-0.1, -0.05) is 37.6 Å². The van der Waals surface area contributed by atoms with Gasteiger partial charge in [-0.25, -0.2) is 0 Å². The maximum Gasteiger partial charge on any atom is 0.230 e. The number of carbonyl (C=O) groups excluding carboxylic acids is 2. The molecule has 32 heavy (non-hydrogen) atoms. The molecule has 1 aliphatic rings. The normalized spacial score (nSPS) is 18.3. The van der Waals surface area contributed by atoms with E-state index in [4.69, 9.17) is 4.74 Å². The van der Waals surface area contributed by atoms with Gasteiger partial charge >= 0.3 is 0 Å². The third-order valence-corrected chi connectivity index (χ3v) is 6.05. The average Bonchev–Trinajstić information content (AvgIpc) is 3.13. The van der Waals surface area contributed by atoms with Gasteiger partial charge in [0.2, 0.25) is 11.8 Å². The largest absolute Gasteiger partial charge is 0.497 e. The first kappa shape index (κ1) is 23.8. The second-order valence-corrected chi connectivity index (χ2v) is 8.71. The van der Waals surface area contributed by atoms with Gasteiger partial charge < -0.3 is 19.9 Å². The van der Waals surface area contributed by atoms with Crippen LogP contribution in [0.25, 0.3) is 0 Å². The van der Waals surface area contributed by atoms with Gasteiger partial charge in [0.15, 0.2) is 0 Å². The van der Waals surface area contributed by atoms with Gasteiger partial charge in [-0.05, 0) is 62.3 Å². The summed E-state index contributed by atoms with van der Waals surface area (Å²) < 4.78 is 5.28. The zero-order valence-electron chi connectivity index (χ0n) is 19.6. The van der Waals surface area contributed by atoms with Crippen LogP contribution in [0.5, 0.6) is 5.75 Å². The molecule has 1 N–H and O–H groups in total. The van der Waals surface area contributed by atoms with Crippen LogP contribution in [-0.4, -0.2) is 55.9 Å². The molecule has 2 amide bonds. The van der Waals surface area contributed by atoms with Crippen LogP contribution in [0.2, 0.25) is 0 Å². The minimum atomic E-state index is -0.429. The summed E-state index contributed by atoms with van der Waals surface area (Å²) >= 11 is 0. The van der Waals surface area contributed by atoms with E-state index >= 15 is 0 Å². The Hall–Kier alpha value is -2.86. The van der Waals surface area contributed by atoms with E-state index in [1.807, 2.05) is 53.4 Å². The minimum Gasteiger partial charge on any atom is -0.497 e. The van der Waals surface area contributed by atoms with Crippen LogP contribution in [0.3, 0.4) is 0 Å². The number of carbonyl (C=O) groups is 2. The number of unbranched alkanes of at least 4 members (excludes halogenated alkanes) is 1. The van der Waals surface area contributed by atoms with Crippen molar-refractivity contribution in [1.82, 2.24) is 9.80 Å². The molecule has 1 heterocycles. The minimum absolute atomic E-state index is 0.0402. The van der Waals surface area contributed by atoms with Gasteiger partial charge in [-0.3, -0.25) is 9.59 Å². The predicted molar refractivity (Wildman–Crippen MR) is 128 cm³/mol. The first-order valence-corrected chi connectivity index (χ1v) is 11.4. The maximum atomic E-state index is 13.3. The number of rotatable bonds is 10. The molecule has 6 nitrogen and oxygen atoms in total. The summed E-state index contributed by atoms with van der Waals surface area (Å²) in [7, 11) is 5.74. The van der Waals surface area contributed by atoms with Crippen LogP contribution < -0.4 is 10.1 Å². The van der Waals surface area contributed by atoms with E-state index in [9.17, 15) is 9.59 Å². The number of hydrogen-bond acceptors (Lipinski definition) is 4. The van der Waals surface area contributed by atoms with E-state index in [0.717, 1.165) is 42.8 Å². The number of anilines is 1. The second kappa shape index (κ2) is 11.1. The molecule has 2 unspecified atom stereocenters. The average molecular weight is 438 g/mol.